The van der Waals surface area contributed by atoms with Crippen LogP contribution >= 0.6 is 11.6 Å². The van der Waals surface area contributed by atoms with Crippen LogP contribution in [0.4, 0.5) is 0 Å². The van der Waals surface area contributed by atoms with Crippen LogP contribution in [-0.4, -0.2) is 11.1 Å². The molecule has 0 heterocycles. The molecule has 1 rings (SSSR count). The molecule has 2 nitrogen and oxygen atoms in total. The van der Waals surface area contributed by atoms with Crippen molar-refractivity contribution < 1.29 is 9.90 Å². The number of hydrogen-bond donors (Lipinski definition) is 1. The molecule has 1 aromatic carbocycles. The van der Waals surface area contributed by atoms with Crippen LogP contribution in [-0.2, 0) is 11.2 Å². The molecule has 14 heavy (non-hydrogen) atoms. The third kappa shape index (κ3) is 2.89. The molecular formula is C11H11ClO2. The molecular weight excluding hydrogens is 200 g/mol. The van der Waals surface area contributed by atoms with Gasteiger partial charge in [-0.3, -0.25) is 0 Å². The fourth-order valence-electron chi connectivity index (χ4n) is 1.14. The maximum atomic E-state index is 10.8. The molecule has 0 aliphatic heterocycles. The van der Waals surface area contributed by atoms with Crippen molar-refractivity contribution in [2.75, 3.05) is 0 Å². The van der Waals surface area contributed by atoms with Gasteiger partial charge in [-0.25, -0.2) is 4.79 Å². The summed E-state index contributed by atoms with van der Waals surface area (Å²) < 4.78 is 0. The van der Waals surface area contributed by atoms with Crippen molar-refractivity contribution in [3.05, 3.63) is 46.5 Å². The van der Waals surface area contributed by atoms with Crippen molar-refractivity contribution in [2.24, 2.45) is 0 Å². The summed E-state index contributed by atoms with van der Waals surface area (Å²) in [6.07, 6.45) is 0.367. The second-order valence-corrected chi connectivity index (χ2v) is 3.55. The van der Waals surface area contributed by atoms with E-state index in [4.69, 9.17) is 16.7 Å². The fraction of sp³-hybridized carbons (Fsp3) is 0.182. The van der Waals surface area contributed by atoms with E-state index in [9.17, 15) is 4.79 Å². The van der Waals surface area contributed by atoms with Crippen molar-refractivity contribution in [1.29, 1.82) is 0 Å². The van der Waals surface area contributed by atoms with Gasteiger partial charge in [-0.05, 0) is 12.5 Å². The van der Waals surface area contributed by atoms with E-state index < -0.39 is 5.97 Å². The highest BCUT2D eigenvalue weighted by molar-refractivity contribution is 6.31. The summed E-state index contributed by atoms with van der Waals surface area (Å²) >= 11 is 5.69. The Morgan fingerprint density at radius 2 is 1.93 bits per heavy atom. The lowest BCUT2D eigenvalue weighted by molar-refractivity contribution is -0.132. The summed E-state index contributed by atoms with van der Waals surface area (Å²) in [5, 5.41) is 9.20. The highest BCUT2D eigenvalue weighted by Crippen LogP contribution is 2.14. The van der Waals surface area contributed by atoms with Crippen molar-refractivity contribution in [1.82, 2.24) is 0 Å². The second kappa shape index (κ2) is 4.82. The summed E-state index contributed by atoms with van der Waals surface area (Å²) in [5.41, 5.74) is 1.20. The van der Waals surface area contributed by atoms with Crippen LogP contribution in [0.15, 0.2) is 40.9 Å². The van der Waals surface area contributed by atoms with Crippen LogP contribution in [0.25, 0.3) is 0 Å². The lowest BCUT2D eigenvalue weighted by Gasteiger charge is -2.03. The molecule has 74 valence electrons. The number of carboxylic acids is 1. The van der Waals surface area contributed by atoms with Crippen LogP contribution in [0.1, 0.15) is 12.5 Å². The zero-order valence-corrected chi connectivity index (χ0v) is 8.58. The molecule has 0 radical (unpaired) electrons. The van der Waals surface area contributed by atoms with E-state index in [0.29, 0.717) is 11.5 Å². The lowest BCUT2D eigenvalue weighted by Crippen LogP contribution is -2.05. The topological polar surface area (TPSA) is 37.3 Å². The number of hydrogen-bond acceptors (Lipinski definition) is 1. The molecule has 3 heteroatoms. The van der Waals surface area contributed by atoms with Crippen LogP contribution in [0.3, 0.4) is 0 Å². The fourth-order valence-corrected chi connectivity index (χ4v) is 1.29. The lowest BCUT2D eigenvalue weighted by atomic mass is 10.1. The predicted molar refractivity (Wildman–Crippen MR) is 56.3 cm³/mol. The highest BCUT2D eigenvalue weighted by Gasteiger charge is 2.10. The zero-order valence-electron chi connectivity index (χ0n) is 7.83. The first-order valence-corrected chi connectivity index (χ1v) is 4.61. The molecule has 0 atom stereocenters. The maximum absolute atomic E-state index is 10.8. The first-order chi connectivity index (χ1) is 6.61. The first-order valence-electron chi connectivity index (χ1n) is 4.23. The molecule has 0 aliphatic rings. The van der Waals surface area contributed by atoms with Gasteiger partial charge in [0.1, 0.15) is 0 Å². The Morgan fingerprint density at radius 3 is 2.36 bits per heavy atom. The minimum Gasteiger partial charge on any atom is -0.478 e. The number of aliphatic carboxylic acids is 1. The average Bonchev–Trinajstić information content (AvgIpc) is 2.15. The van der Waals surface area contributed by atoms with E-state index >= 15 is 0 Å². The molecule has 0 unspecified atom stereocenters. The van der Waals surface area contributed by atoms with E-state index in [2.05, 4.69) is 0 Å². The van der Waals surface area contributed by atoms with Gasteiger partial charge in [-0.2, -0.15) is 0 Å². The van der Waals surface area contributed by atoms with Gasteiger partial charge in [0.2, 0.25) is 0 Å². The Hall–Kier alpha value is -1.28. The highest BCUT2D eigenvalue weighted by atomic mass is 35.5. The minimum absolute atomic E-state index is 0.248. The molecule has 0 saturated heterocycles. The quantitative estimate of drug-likeness (QED) is 0.779. The third-order valence-electron chi connectivity index (χ3n) is 1.90. The molecule has 0 saturated carbocycles. The van der Waals surface area contributed by atoms with E-state index in [1.54, 1.807) is 6.92 Å². The second-order valence-electron chi connectivity index (χ2n) is 2.98. The summed E-state index contributed by atoms with van der Waals surface area (Å²) in [6.45, 7) is 1.59. The Kier molecular flexibility index (Phi) is 3.72. The zero-order chi connectivity index (χ0) is 10.6. The smallest absolute Gasteiger partial charge is 0.333 e. The summed E-state index contributed by atoms with van der Waals surface area (Å²) in [6, 6.07) is 9.39. The maximum Gasteiger partial charge on any atom is 0.333 e. The molecule has 1 aromatic rings. The summed E-state index contributed by atoms with van der Waals surface area (Å²) in [5.74, 6) is -0.957. The van der Waals surface area contributed by atoms with E-state index in [1.165, 1.54) is 0 Å². The van der Waals surface area contributed by atoms with Crippen molar-refractivity contribution in [3.63, 3.8) is 0 Å². The number of benzene rings is 1. The number of rotatable bonds is 3. The van der Waals surface area contributed by atoms with Gasteiger partial charge in [-0.15, -0.1) is 0 Å². The van der Waals surface area contributed by atoms with Crippen LogP contribution in [0, 0.1) is 0 Å². The molecule has 0 aromatic heterocycles. The van der Waals surface area contributed by atoms with E-state index in [1.807, 2.05) is 30.3 Å². The molecule has 0 aliphatic carbocycles. The molecule has 0 spiro atoms. The molecule has 0 amide bonds. The van der Waals surface area contributed by atoms with Crippen molar-refractivity contribution in [2.45, 2.75) is 13.3 Å². The Labute approximate surface area is 87.8 Å². The van der Waals surface area contributed by atoms with Gasteiger partial charge in [0.25, 0.3) is 0 Å². The third-order valence-corrected chi connectivity index (χ3v) is 2.13. The normalized spacial score (nSPS) is 12.1. The largest absolute Gasteiger partial charge is 0.478 e. The average molecular weight is 211 g/mol. The van der Waals surface area contributed by atoms with E-state index in [0.717, 1.165) is 5.56 Å². The van der Waals surface area contributed by atoms with Gasteiger partial charge in [0, 0.05) is 11.5 Å². The SMILES string of the molecule is C/C(Cl)=C(\Cc1ccccc1)C(=O)O. The Bertz CT molecular complexity index is 351. The first kappa shape index (κ1) is 10.8. The standard InChI is InChI=1S/C11H11ClO2/c1-8(12)10(11(13)14)7-9-5-3-2-4-6-9/h2-6H,7H2,1H3,(H,13,14)/b10-8-. The van der Waals surface area contributed by atoms with Gasteiger partial charge >= 0.3 is 5.97 Å². The van der Waals surface area contributed by atoms with Crippen molar-refractivity contribution >= 4 is 17.6 Å². The van der Waals surface area contributed by atoms with Gasteiger partial charge in [0.05, 0.1) is 5.57 Å². The minimum atomic E-state index is -0.957. The number of carboxylic acid groups (broad SMARTS) is 1. The predicted octanol–water partition coefficient (Wildman–Crippen LogP) is 2.83. The Balaban J connectivity index is 2.87. The van der Waals surface area contributed by atoms with Crippen LogP contribution in [0.5, 0.6) is 0 Å². The molecule has 0 fully saturated rings. The number of halogens is 1. The van der Waals surface area contributed by atoms with E-state index in [-0.39, 0.29) is 5.57 Å². The summed E-state index contributed by atoms with van der Waals surface area (Å²) in [7, 11) is 0. The molecule has 1 N–H and O–H groups in total. The van der Waals surface area contributed by atoms with Gasteiger partial charge in [0.15, 0.2) is 0 Å². The molecule has 0 bridgehead atoms. The number of carbonyl (C=O) groups is 1. The van der Waals surface area contributed by atoms with Crippen LogP contribution < -0.4 is 0 Å². The van der Waals surface area contributed by atoms with Gasteiger partial charge in [-0.1, -0.05) is 41.9 Å². The van der Waals surface area contributed by atoms with Crippen LogP contribution in [0.2, 0.25) is 0 Å². The number of allylic oxidation sites excluding steroid dienone is 1. The summed E-state index contributed by atoms with van der Waals surface area (Å²) in [4.78, 5) is 10.8. The monoisotopic (exact) mass is 210 g/mol. The Morgan fingerprint density at radius 1 is 1.36 bits per heavy atom. The van der Waals surface area contributed by atoms with Crippen molar-refractivity contribution in [3.8, 4) is 0 Å². The van der Waals surface area contributed by atoms with Gasteiger partial charge < -0.3 is 5.11 Å².